The van der Waals surface area contributed by atoms with Gasteiger partial charge in [-0.15, -0.1) is 0 Å². The lowest BCUT2D eigenvalue weighted by Crippen LogP contribution is -2.17. The van der Waals surface area contributed by atoms with Gasteiger partial charge in [0.2, 0.25) is 0 Å². The molecule has 3 aromatic rings. The van der Waals surface area contributed by atoms with Gasteiger partial charge in [-0.2, -0.15) is 0 Å². The van der Waals surface area contributed by atoms with Crippen molar-refractivity contribution in [2.24, 2.45) is 0 Å². The van der Waals surface area contributed by atoms with E-state index in [1.165, 1.54) is 0 Å². The molecule has 0 amide bonds. The van der Waals surface area contributed by atoms with E-state index in [-0.39, 0.29) is 5.56 Å². The van der Waals surface area contributed by atoms with Crippen LogP contribution in [0, 0.1) is 6.92 Å². The van der Waals surface area contributed by atoms with Crippen LogP contribution in [-0.4, -0.2) is 9.38 Å². The molecule has 0 aliphatic carbocycles. The van der Waals surface area contributed by atoms with Gasteiger partial charge in [-0.3, -0.25) is 9.20 Å². The molecule has 0 saturated carbocycles. The summed E-state index contributed by atoms with van der Waals surface area (Å²) in [7, 11) is 0. The van der Waals surface area contributed by atoms with Gasteiger partial charge in [0.1, 0.15) is 5.65 Å². The van der Waals surface area contributed by atoms with Crippen molar-refractivity contribution in [2.45, 2.75) is 6.92 Å². The van der Waals surface area contributed by atoms with Crippen LogP contribution in [0.5, 0.6) is 0 Å². The van der Waals surface area contributed by atoms with Gasteiger partial charge in [-0.1, -0.05) is 18.2 Å². The lowest BCUT2D eigenvalue weighted by atomic mass is 10.2. The normalized spacial score (nSPS) is 11.1. The number of hydrogen-bond acceptors (Lipinski definition) is 2. The van der Waals surface area contributed by atoms with Gasteiger partial charge in [-0.05, 0) is 31.2 Å². The Balaban J connectivity index is 2.67. The number of benzene rings is 1. The van der Waals surface area contributed by atoms with E-state index in [1.54, 1.807) is 4.40 Å². The first-order valence-corrected chi connectivity index (χ1v) is 5.14. The highest BCUT2D eigenvalue weighted by molar-refractivity contribution is 5.79. The lowest BCUT2D eigenvalue weighted by molar-refractivity contribution is 1.01. The van der Waals surface area contributed by atoms with Crippen molar-refractivity contribution in [3.8, 4) is 0 Å². The van der Waals surface area contributed by atoms with Gasteiger partial charge in [0, 0.05) is 5.69 Å². The van der Waals surface area contributed by atoms with Crippen molar-refractivity contribution < 1.29 is 0 Å². The van der Waals surface area contributed by atoms with Crippen molar-refractivity contribution in [1.82, 2.24) is 9.38 Å². The predicted octanol–water partition coefficient (Wildman–Crippen LogP) is 2.16. The maximum Gasteiger partial charge on any atom is 0.265 e. The van der Waals surface area contributed by atoms with Crippen LogP contribution in [0.15, 0.2) is 47.3 Å². The first-order chi connectivity index (χ1) is 7.77. The zero-order chi connectivity index (χ0) is 11.1. The minimum Gasteiger partial charge on any atom is -0.268 e. The van der Waals surface area contributed by atoms with Gasteiger partial charge in [0.25, 0.3) is 5.56 Å². The van der Waals surface area contributed by atoms with E-state index in [0.29, 0.717) is 11.0 Å². The Morgan fingerprint density at radius 2 is 1.88 bits per heavy atom. The van der Waals surface area contributed by atoms with Crippen LogP contribution in [0.3, 0.4) is 0 Å². The second-order valence-electron chi connectivity index (χ2n) is 3.79. The topological polar surface area (TPSA) is 34.4 Å². The molecule has 3 heteroatoms. The molecule has 1 aromatic carbocycles. The van der Waals surface area contributed by atoms with Gasteiger partial charge in [-0.25, -0.2) is 4.98 Å². The van der Waals surface area contributed by atoms with E-state index >= 15 is 0 Å². The highest BCUT2D eigenvalue weighted by Gasteiger charge is 2.05. The fourth-order valence-corrected chi connectivity index (χ4v) is 1.95. The van der Waals surface area contributed by atoms with Crippen molar-refractivity contribution in [2.75, 3.05) is 0 Å². The summed E-state index contributed by atoms with van der Waals surface area (Å²) in [6.07, 6.45) is 0. The number of aryl methyl sites for hydroxylation is 1. The summed E-state index contributed by atoms with van der Waals surface area (Å²) in [5, 5.41) is 0.661. The predicted molar refractivity (Wildman–Crippen MR) is 63.7 cm³/mol. The van der Waals surface area contributed by atoms with Gasteiger partial charge in [0.15, 0.2) is 0 Å². The Labute approximate surface area is 92.0 Å². The zero-order valence-electron chi connectivity index (χ0n) is 8.84. The number of hydrogen-bond donors (Lipinski definition) is 0. The third-order valence-electron chi connectivity index (χ3n) is 2.74. The first-order valence-electron chi connectivity index (χ1n) is 5.14. The maximum absolute atomic E-state index is 12.2. The Bertz CT molecular complexity index is 744. The van der Waals surface area contributed by atoms with Gasteiger partial charge in [0.05, 0.1) is 10.9 Å². The summed E-state index contributed by atoms with van der Waals surface area (Å²) in [4.78, 5) is 16.7. The molecule has 0 N–H and O–H groups in total. The second-order valence-corrected chi connectivity index (χ2v) is 3.79. The molecule has 78 valence electrons. The maximum atomic E-state index is 12.2. The summed E-state index contributed by atoms with van der Waals surface area (Å²) in [6.45, 7) is 1.91. The molecule has 2 aromatic heterocycles. The van der Waals surface area contributed by atoms with Crippen molar-refractivity contribution in [1.29, 1.82) is 0 Å². The molecule has 16 heavy (non-hydrogen) atoms. The minimum absolute atomic E-state index is 0.00120. The molecule has 0 saturated heterocycles. The number of para-hydroxylation sites is 1. The van der Waals surface area contributed by atoms with Crippen molar-refractivity contribution >= 4 is 16.6 Å². The summed E-state index contributed by atoms with van der Waals surface area (Å²) < 4.78 is 1.64. The lowest BCUT2D eigenvalue weighted by Gasteiger charge is -2.05. The van der Waals surface area contributed by atoms with E-state index in [1.807, 2.05) is 49.4 Å². The zero-order valence-corrected chi connectivity index (χ0v) is 8.84. The molecule has 0 atom stereocenters. The van der Waals surface area contributed by atoms with Crippen LogP contribution in [0.4, 0.5) is 0 Å². The van der Waals surface area contributed by atoms with E-state index in [0.717, 1.165) is 11.2 Å². The van der Waals surface area contributed by atoms with Crippen LogP contribution < -0.4 is 5.56 Å². The van der Waals surface area contributed by atoms with Crippen LogP contribution >= 0.6 is 0 Å². The molecular formula is C13H10N2O. The van der Waals surface area contributed by atoms with E-state index in [2.05, 4.69) is 4.98 Å². The molecule has 3 rings (SSSR count). The van der Waals surface area contributed by atoms with E-state index < -0.39 is 0 Å². The Morgan fingerprint density at radius 1 is 1.06 bits per heavy atom. The van der Waals surface area contributed by atoms with E-state index in [9.17, 15) is 4.79 Å². The standard InChI is InChI=1S/C13H10N2O/c1-9-5-4-8-12-14-11-7-3-2-6-10(11)13(16)15(9)12/h2-8H,1H3. The SMILES string of the molecule is Cc1cccc2nc3ccccc3c(=O)n12. The molecule has 0 aliphatic heterocycles. The van der Waals surface area contributed by atoms with Gasteiger partial charge < -0.3 is 0 Å². The second kappa shape index (κ2) is 3.17. The van der Waals surface area contributed by atoms with Crippen LogP contribution in [0.1, 0.15) is 5.69 Å². The highest BCUT2D eigenvalue weighted by atomic mass is 16.1. The van der Waals surface area contributed by atoms with Crippen LogP contribution in [-0.2, 0) is 0 Å². The van der Waals surface area contributed by atoms with Gasteiger partial charge >= 0.3 is 0 Å². The molecule has 2 heterocycles. The number of fused-ring (bicyclic) bond motifs is 2. The Kier molecular flexibility index (Phi) is 1.80. The molecule has 0 unspecified atom stereocenters. The minimum atomic E-state index is -0.00120. The molecule has 0 bridgehead atoms. The van der Waals surface area contributed by atoms with E-state index in [4.69, 9.17) is 0 Å². The summed E-state index contributed by atoms with van der Waals surface area (Å²) in [5.41, 5.74) is 2.35. The number of nitrogens with zero attached hydrogens (tertiary/aromatic N) is 2. The highest BCUT2D eigenvalue weighted by Crippen LogP contribution is 2.09. The fourth-order valence-electron chi connectivity index (χ4n) is 1.95. The smallest absolute Gasteiger partial charge is 0.265 e. The summed E-state index contributed by atoms with van der Waals surface area (Å²) in [6, 6.07) is 13.1. The summed E-state index contributed by atoms with van der Waals surface area (Å²) >= 11 is 0. The molecule has 0 fully saturated rings. The molecule has 0 radical (unpaired) electrons. The average Bonchev–Trinajstić information content (AvgIpc) is 2.29. The third kappa shape index (κ3) is 1.15. The average molecular weight is 210 g/mol. The molecule has 3 nitrogen and oxygen atoms in total. The largest absolute Gasteiger partial charge is 0.268 e. The molecule has 0 spiro atoms. The quantitative estimate of drug-likeness (QED) is 0.533. The number of rotatable bonds is 0. The number of aromatic nitrogens is 2. The fraction of sp³-hybridized carbons (Fsp3) is 0.0769. The van der Waals surface area contributed by atoms with Crippen molar-refractivity contribution in [3.63, 3.8) is 0 Å². The monoisotopic (exact) mass is 210 g/mol. The first kappa shape index (κ1) is 9.09. The third-order valence-corrected chi connectivity index (χ3v) is 2.74. The molecule has 0 aliphatic rings. The van der Waals surface area contributed by atoms with Crippen molar-refractivity contribution in [3.05, 3.63) is 58.5 Å². The molecular weight excluding hydrogens is 200 g/mol. The number of pyridine rings is 1. The summed E-state index contributed by atoms with van der Waals surface area (Å²) in [5.74, 6) is 0. The Morgan fingerprint density at radius 3 is 2.75 bits per heavy atom. The van der Waals surface area contributed by atoms with Crippen LogP contribution in [0.25, 0.3) is 16.6 Å². The Hall–Kier alpha value is -2.16. The van der Waals surface area contributed by atoms with Crippen LogP contribution in [0.2, 0.25) is 0 Å².